The number of hydrogen-bond acceptors (Lipinski definition) is 4. The van der Waals surface area contributed by atoms with Crippen molar-refractivity contribution in [2.24, 2.45) is 0 Å². The number of halogens is 1. The van der Waals surface area contributed by atoms with Crippen molar-refractivity contribution < 1.29 is 8.42 Å². The Kier molecular flexibility index (Phi) is 3.93. The van der Waals surface area contributed by atoms with Crippen molar-refractivity contribution in [3.63, 3.8) is 0 Å². The average Bonchev–Trinajstić information content (AvgIpc) is 2.76. The summed E-state index contributed by atoms with van der Waals surface area (Å²) < 4.78 is 27.4. The largest absolute Gasteiger partial charge is 0.265 e. The Bertz CT molecular complexity index is 596. The Balaban J connectivity index is 2.09. The van der Waals surface area contributed by atoms with Gasteiger partial charge in [-0.1, -0.05) is 0 Å². The van der Waals surface area contributed by atoms with Crippen LogP contribution in [0.1, 0.15) is 5.56 Å². The van der Waals surface area contributed by atoms with Crippen LogP contribution in [0.2, 0.25) is 0 Å². The van der Waals surface area contributed by atoms with Crippen LogP contribution < -0.4 is 4.72 Å². The molecule has 0 saturated carbocycles. The fraction of sp³-hybridized carbons (Fsp3) is 0.100. The fourth-order valence-electron chi connectivity index (χ4n) is 1.19. The lowest BCUT2D eigenvalue weighted by Gasteiger charge is -2.04. The van der Waals surface area contributed by atoms with Crippen molar-refractivity contribution in [1.29, 1.82) is 0 Å². The van der Waals surface area contributed by atoms with Crippen LogP contribution in [-0.2, 0) is 16.6 Å². The van der Waals surface area contributed by atoms with Gasteiger partial charge in [0.25, 0.3) is 0 Å². The highest BCUT2D eigenvalue weighted by atomic mass is 79.9. The van der Waals surface area contributed by atoms with Crippen LogP contribution in [0.15, 0.2) is 44.7 Å². The molecule has 0 amide bonds. The minimum absolute atomic E-state index is 0.264. The summed E-state index contributed by atoms with van der Waals surface area (Å²) in [4.78, 5) is 3.87. The van der Waals surface area contributed by atoms with E-state index in [0.29, 0.717) is 4.21 Å². The third-order valence-corrected chi connectivity index (χ3v) is 5.63. The maximum atomic E-state index is 11.9. The van der Waals surface area contributed by atoms with Crippen molar-refractivity contribution in [3.8, 4) is 0 Å². The Morgan fingerprint density at radius 3 is 2.65 bits per heavy atom. The molecule has 1 N–H and O–H groups in total. The van der Waals surface area contributed by atoms with Gasteiger partial charge in [0, 0.05) is 28.8 Å². The molecule has 2 rings (SSSR count). The third kappa shape index (κ3) is 3.35. The molecule has 0 atom stereocenters. The van der Waals surface area contributed by atoms with Crippen molar-refractivity contribution in [2.45, 2.75) is 10.8 Å². The van der Waals surface area contributed by atoms with Gasteiger partial charge < -0.3 is 0 Å². The second-order valence-corrected chi connectivity index (χ2v) is 7.08. The molecule has 2 aromatic rings. The van der Waals surface area contributed by atoms with Gasteiger partial charge in [-0.3, -0.25) is 4.98 Å². The van der Waals surface area contributed by atoms with Crippen LogP contribution in [0.5, 0.6) is 0 Å². The highest BCUT2D eigenvalue weighted by Crippen LogP contribution is 2.23. The molecule has 0 bridgehead atoms. The number of sulfonamides is 1. The summed E-state index contributed by atoms with van der Waals surface area (Å²) in [5.41, 5.74) is 0.874. The van der Waals surface area contributed by atoms with Gasteiger partial charge in [-0.05, 0) is 39.7 Å². The first-order valence-electron chi connectivity index (χ1n) is 4.70. The summed E-state index contributed by atoms with van der Waals surface area (Å²) in [6.07, 6.45) is 3.26. The maximum Gasteiger partial charge on any atom is 0.250 e. The summed E-state index contributed by atoms with van der Waals surface area (Å²) in [5.74, 6) is 0. The van der Waals surface area contributed by atoms with Crippen molar-refractivity contribution in [3.05, 3.63) is 46.0 Å². The molecule has 0 aromatic carbocycles. The number of thiophene rings is 1. The standard InChI is InChI=1S/C10H9BrN2O2S2/c11-9-5-10(16-7-9)17(14,15)13-6-8-1-3-12-4-2-8/h1-5,7,13H,6H2. The molecular formula is C10H9BrN2O2S2. The van der Waals surface area contributed by atoms with Crippen molar-refractivity contribution in [1.82, 2.24) is 9.71 Å². The van der Waals surface area contributed by atoms with Crippen LogP contribution in [0.3, 0.4) is 0 Å². The Morgan fingerprint density at radius 1 is 1.35 bits per heavy atom. The van der Waals surface area contributed by atoms with E-state index in [-0.39, 0.29) is 6.54 Å². The second-order valence-electron chi connectivity index (χ2n) is 3.26. The predicted octanol–water partition coefficient (Wildman–Crippen LogP) is 2.38. The first-order chi connectivity index (χ1) is 8.08. The fourth-order valence-corrected chi connectivity index (χ4v) is 4.10. The van der Waals surface area contributed by atoms with E-state index < -0.39 is 10.0 Å². The van der Waals surface area contributed by atoms with Gasteiger partial charge in [0.05, 0.1) is 0 Å². The van der Waals surface area contributed by atoms with E-state index in [4.69, 9.17) is 0 Å². The third-order valence-electron chi connectivity index (χ3n) is 2.02. The van der Waals surface area contributed by atoms with E-state index in [1.807, 2.05) is 0 Å². The molecule has 2 heterocycles. The Labute approximate surface area is 112 Å². The molecule has 0 unspecified atom stereocenters. The number of pyridine rings is 1. The van der Waals surface area contributed by atoms with Gasteiger partial charge in [0.15, 0.2) is 0 Å². The van der Waals surface area contributed by atoms with E-state index in [2.05, 4.69) is 25.6 Å². The number of nitrogens with zero attached hydrogens (tertiary/aromatic N) is 1. The molecule has 0 radical (unpaired) electrons. The highest BCUT2D eigenvalue weighted by molar-refractivity contribution is 9.10. The molecule has 0 aliphatic heterocycles. The van der Waals surface area contributed by atoms with Crippen LogP contribution in [0.4, 0.5) is 0 Å². The Morgan fingerprint density at radius 2 is 2.06 bits per heavy atom. The van der Waals surface area contributed by atoms with Crippen molar-refractivity contribution >= 4 is 37.3 Å². The first-order valence-corrected chi connectivity index (χ1v) is 7.86. The molecule has 0 aliphatic carbocycles. The summed E-state index contributed by atoms with van der Waals surface area (Å²) in [7, 11) is -3.42. The van der Waals surface area contributed by atoms with Crippen molar-refractivity contribution in [2.75, 3.05) is 0 Å². The minimum Gasteiger partial charge on any atom is -0.265 e. The summed E-state index contributed by atoms with van der Waals surface area (Å²) >= 11 is 4.41. The minimum atomic E-state index is -3.42. The monoisotopic (exact) mass is 332 g/mol. The molecule has 17 heavy (non-hydrogen) atoms. The molecule has 4 nitrogen and oxygen atoms in total. The van der Waals surface area contributed by atoms with Gasteiger partial charge in [-0.15, -0.1) is 11.3 Å². The SMILES string of the molecule is O=S(=O)(NCc1ccncc1)c1cc(Br)cs1. The van der Waals surface area contributed by atoms with E-state index in [9.17, 15) is 8.42 Å². The lowest BCUT2D eigenvalue weighted by molar-refractivity contribution is 0.583. The van der Waals surface area contributed by atoms with Gasteiger partial charge in [-0.25, -0.2) is 13.1 Å². The zero-order chi connectivity index (χ0) is 12.3. The lowest BCUT2D eigenvalue weighted by Crippen LogP contribution is -2.22. The second kappa shape index (κ2) is 5.26. The highest BCUT2D eigenvalue weighted by Gasteiger charge is 2.15. The summed E-state index contributed by atoms with van der Waals surface area (Å²) in [5, 5.41) is 1.74. The van der Waals surface area contributed by atoms with Gasteiger partial charge >= 0.3 is 0 Å². The lowest BCUT2D eigenvalue weighted by atomic mass is 10.3. The van der Waals surface area contributed by atoms with E-state index >= 15 is 0 Å². The van der Waals surface area contributed by atoms with Crippen LogP contribution >= 0.6 is 27.3 Å². The number of aromatic nitrogens is 1. The van der Waals surface area contributed by atoms with Gasteiger partial charge in [0.2, 0.25) is 10.0 Å². The maximum absolute atomic E-state index is 11.9. The first kappa shape index (κ1) is 12.7. The predicted molar refractivity (Wildman–Crippen MR) is 70.3 cm³/mol. The van der Waals surface area contributed by atoms with E-state index in [1.54, 1.807) is 36.0 Å². The molecule has 2 aromatic heterocycles. The number of nitrogens with one attached hydrogen (secondary N) is 1. The number of hydrogen-bond donors (Lipinski definition) is 1. The number of rotatable bonds is 4. The van der Waals surface area contributed by atoms with Gasteiger partial charge in [0.1, 0.15) is 4.21 Å². The average molecular weight is 333 g/mol. The molecule has 7 heteroatoms. The topological polar surface area (TPSA) is 59.1 Å². The quantitative estimate of drug-likeness (QED) is 0.935. The van der Waals surface area contributed by atoms with Gasteiger partial charge in [-0.2, -0.15) is 0 Å². The van der Waals surface area contributed by atoms with Crippen LogP contribution in [-0.4, -0.2) is 13.4 Å². The molecule has 90 valence electrons. The summed E-state index contributed by atoms with van der Waals surface area (Å²) in [6.45, 7) is 0.264. The van der Waals surface area contributed by atoms with E-state index in [0.717, 1.165) is 10.0 Å². The zero-order valence-corrected chi connectivity index (χ0v) is 11.8. The molecule has 0 fully saturated rings. The smallest absolute Gasteiger partial charge is 0.250 e. The molecule has 0 saturated heterocycles. The van der Waals surface area contributed by atoms with E-state index in [1.165, 1.54) is 11.3 Å². The molecule has 0 spiro atoms. The molecule has 0 aliphatic rings. The summed E-state index contributed by atoms with van der Waals surface area (Å²) in [6, 6.07) is 5.12. The van der Waals surface area contributed by atoms with Crippen LogP contribution in [0, 0.1) is 0 Å². The van der Waals surface area contributed by atoms with Crippen LogP contribution in [0.25, 0.3) is 0 Å². The normalized spacial score (nSPS) is 11.6. The Hall–Kier alpha value is -0.760. The molecular weight excluding hydrogens is 324 g/mol. The zero-order valence-electron chi connectivity index (χ0n) is 8.63.